The summed E-state index contributed by atoms with van der Waals surface area (Å²) in [5.74, 6) is -0.299. The van der Waals surface area contributed by atoms with Gasteiger partial charge in [0.25, 0.3) is 5.91 Å². The molecule has 3 aromatic carbocycles. The number of aryl methyl sites for hydroxylation is 1. The lowest BCUT2D eigenvalue weighted by Gasteiger charge is -2.24. The standard InChI is InChI=1S/C28H21Cl4F3N2O3/c1-17-11-23(30)26(24(31)12-17)40-10-9-39-21-7-5-18(6-8-21)13-20(14-36)27(38)37(16-28(33,34)35)15-19-3-2-4-22(29)25(19)32/h2-8,11-13H,9-10,15-16H2,1H3. The molecule has 3 aromatic rings. The smallest absolute Gasteiger partial charge is 0.406 e. The second-order valence-electron chi connectivity index (χ2n) is 8.48. The summed E-state index contributed by atoms with van der Waals surface area (Å²) in [6.07, 6.45) is -3.51. The summed E-state index contributed by atoms with van der Waals surface area (Å²) >= 11 is 24.4. The average molecular weight is 632 g/mol. The van der Waals surface area contributed by atoms with E-state index in [1.54, 1.807) is 42.5 Å². The van der Waals surface area contributed by atoms with E-state index in [0.29, 0.717) is 32.0 Å². The monoisotopic (exact) mass is 630 g/mol. The Bertz CT molecular complexity index is 1420. The number of alkyl halides is 3. The molecular weight excluding hydrogens is 611 g/mol. The number of hydrogen-bond acceptors (Lipinski definition) is 4. The van der Waals surface area contributed by atoms with Crippen LogP contribution in [0.4, 0.5) is 13.2 Å². The lowest BCUT2D eigenvalue weighted by molar-refractivity contribution is -0.159. The second kappa shape index (κ2) is 14.0. The fourth-order valence-corrected chi connectivity index (χ4v) is 4.64. The molecule has 40 heavy (non-hydrogen) atoms. The van der Waals surface area contributed by atoms with Crippen LogP contribution in [0.1, 0.15) is 16.7 Å². The van der Waals surface area contributed by atoms with Crippen molar-refractivity contribution in [1.29, 1.82) is 5.26 Å². The van der Waals surface area contributed by atoms with E-state index < -0.39 is 30.7 Å². The lowest BCUT2D eigenvalue weighted by Crippen LogP contribution is -2.39. The summed E-state index contributed by atoms with van der Waals surface area (Å²) in [5.41, 5.74) is 1.02. The molecule has 0 atom stereocenters. The van der Waals surface area contributed by atoms with Crippen LogP contribution in [0.25, 0.3) is 6.08 Å². The fraction of sp³-hybridized carbons (Fsp3) is 0.214. The number of rotatable bonds is 10. The van der Waals surface area contributed by atoms with E-state index in [0.717, 1.165) is 5.56 Å². The molecule has 0 N–H and O–H groups in total. The van der Waals surface area contributed by atoms with Crippen LogP contribution in [-0.2, 0) is 11.3 Å². The highest BCUT2D eigenvalue weighted by Gasteiger charge is 2.34. The molecule has 1 amide bonds. The van der Waals surface area contributed by atoms with E-state index in [2.05, 4.69) is 0 Å². The predicted molar refractivity (Wildman–Crippen MR) is 150 cm³/mol. The van der Waals surface area contributed by atoms with Gasteiger partial charge in [-0.25, -0.2) is 0 Å². The summed E-state index contributed by atoms with van der Waals surface area (Å²) in [4.78, 5) is 13.5. The molecule has 3 rings (SSSR count). The van der Waals surface area contributed by atoms with Crippen LogP contribution in [-0.4, -0.2) is 36.7 Å². The molecule has 0 radical (unpaired) electrons. The van der Waals surface area contributed by atoms with Crippen LogP contribution < -0.4 is 9.47 Å². The maximum absolute atomic E-state index is 13.3. The average Bonchev–Trinajstić information content (AvgIpc) is 2.88. The van der Waals surface area contributed by atoms with Gasteiger partial charge in [0.15, 0.2) is 5.75 Å². The maximum atomic E-state index is 13.3. The molecule has 0 saturated carbocycles. The number of carbonyl (C=O) groups is 1. The first-order valence-electron chi connectivity index (χ1n) is 11.6. The minimum atomic E-state index is -4.71. The molecule has 0 aromatic heterocycles. The highest BCUT2D eigenvalue weighted by atomic mass is 35.5. The van der Waals surface area contributed by atoms with Crippen molar-refractivity contribution in [3.63, 3.8) is 0 Å². The van der Waals surface area contributed by atoms with Crippen molar-refractivity contribution in [3.05, 3.63) is 97.0 Å². The largest absolute Gasteiger partial charge is 0.490 e. The number of nitriles is 1. The zero-order valence-corrected chi connectivity index (χ0v) is 23.9. The molecule has 0 aliphatic heterocycles. The topological polar surface area (TPSA) is 62.6 Å². The van der Waals surface area contributed by atoms with Crippen LogP contribution in [0.2, 0.25) is 20.1 Å². The normalized spacial score (nSPS) is 11.6. The number of benzene rings is 3. The van der Waals surface area contributed by atoms with Crippen LogP contribution in [0.5, 0.6) is 11.5 Å². The Balaban J connectivity index is 1.67. The van der Waals surface area contributed by atoms with Crippen LogP contribution in [0, 0.1) is 18.3 Å². The van der Waals surface area contributed by atoms with E-state index in [-0.39, 0.29) is 28.8 Å². The zero-order valence-electron chi connectivity index (χ0n) is 20.9. The van der Waals surface area contributed by atoms with Gasteiger partial charge in [-0.1, -0.05) is 70.7 Å². The van der Waals surface area contributed by atoms with Gasteiger partial charge in [-0.3, -0.25) is 4.79 Å². The number of carbonyl (C=O) groups excluding carboxylic acids is 1. The number of ether oxygens (including phenoxy) is 2. The predicted octanol–water partition coefficient (Wildman–Crippen LogP) is 8.56. The van der Waals surface area contributed by atoms with Gasteiger partial charge in [-0.15, -0.1) is 0 Å². The molecule has 0 unspecified atom stereocenters. The third-order valence-electron chi connectivity index (χ3n) is 5.33. The second-order valence-corrected chi connectivity index (χ2v) is 10.1. The van der Waals surface area contributed by atoms with Crippen molar-refractivity contribution in [1.82, 2.24) is 4.90 Å². The molecule has 12 heteroatoms. The van der Waals surface area contributed by atoms with E-state index in [4.69, 9.17) is 55.9 Å². The Labute approximate surface area is 249 Å². The minimum Gasteiger partial charge on any atom is -0.490 e. The maximum Gasteiger partial charge on any atom is 0.406 e. The van der Waals surface area contributed by atoms with Gasteiger partial charge in [-0.05, 0) is 60.0 Å². The Morgan fingerprint density at radius 1 is 0.975 bits per heavy atom. The molecule has 0 bridgehead atoms. The van der Waals surface area contributed by atoms with E-state index >= 15 is 0 Å². The summed E-state index contributed by atoms with van der Waals surface area (Å²) in [6, 6.07) is 15.8. The van der Waals surface area contributed by atoms with Gasteiger partial charge >= 0.3 is 6.18 Å². The minimum absolute atomic E-state index is 0.0256. The number of amides is 1. The highest BCUT2D eigenvalue weighted by molar-refractivity contribution is 6.42. The van der Waals surface area contributed by atoms with Gasteiger partial charge in [0.1, 0.15) is 37.2 Å². The van der Waals surface area contributed by atoms with Crippen molar-refractivity contribution < 1.29 is 27.4 Å². The number of halogens is 7. The van der Waals surface area contributed by atoms with Gasteiger partial charge < -0.3 is 14.4 Å². The van der Waals surface area contributed by atoms with Crippen LogP contribution in [0.3, 0.4) is 0 Å². The first-order chi connectivity index (χ1) is 18.9. The summed E-state index contributed by atoms with van der Waals surface area (Å²) in [7, 11) is 0. The zero-order chi connectivity index (χ0) is 29.4. The number of nitrogens with zero attached hydrogens (tertiary/aromatic N) is 2. The Hall–Kier alpha value is -3.09. The summed E-state index contributed by atoms with van der Waals surface area (Å²) in [6.45, 7) is 0.0971. The highest BCUT2D eigenvalue weighted by Crippen LogP contribution is 2.34. The molecular formula is C28H21Cl4F3N2O3. The number of hydrogen-bond donors (Lipinski definition) is 0. The quantitative estimate of drug-likeness (QED) is 0.128. The Morgan fingerprint density at radius 3 is 2.20 bits per heavy atom. The molecule has 0 spiro atoms. The van der Waals surface area contributed by atoms with Crippen LogP contribution >= 0.6 is 46.4 Å². The molecule has 210 valence electrons. The van der Waals surface area contributed by atoms with Gasteiger partial charge in [-0.2, -0.15) is 18.4 Å². The third kappa shape index (κ3) is 8.97. The molecule has 0 aliphatic rings. The first-order valence-corrected chi connectivity index (χ1v) is 13.1. The molecule has 5 nitrogen and oxygen atoms in total. The molecule has 0 aliphatic carbocycles. The Kier molecular flexibility index (Phi) is 11.0. The van der Waals surface area contributed by atoms with Crippen molar-refractivity contribution in [3.8, 4) is 17.6 Å². The first kappa shape index (κ1) is 31.4. The summed E-state index contributed by atoms with van der Waals surface area (Å²) in [5, 5.41) is 10.5. The molecule has 0 fully saturated rings. The van der Waals surface area contributed by atoms with Gasteiger partial charge in [0, 0.05) is 6.54 Å². The van der Waals surface area contributed by atoms with Crippen molar-refractivity contribution in [2.24, 2.45) is 0 Å². The van der Waals surface area contributed by atoms with Gasteiger partial charge in [0.05, 0.1) is 20.1 Å². The van der Waals surface area contributed by atoms with Crippen molar-refractivity contribution in [2.75, 3.05) is 19.8 Å². The molecule has 0 heterocycles. The molecule has 0 saturated heterocycles. The van der Waals surface area contributed by atoms with E-state index in [9.17, 15) is 23.2 Å². The van der Waals surface area contributed by atoms with Crippen LogP contribution in [0.15, 0.2) is 60.2 Å². The lowest BCUT2D eigenvalue weighted by atomic mass is 10.1. The SMILES string of the molecule is Cc1cc(Cl)c(OCCOc2ccc(C=C(C#N)C(=O)N(Cc3cccc(Cl)c3Cl)CC(F)(F)F)cc2)c(Cl)c1. The fourth-order valence-electron chi connectivity index (χ4n) is 3.56. The third-order valence-corrected chi connectivity index (χ3v) is 6.75. The van der Waals surface area contributed by atoms with Crippen molar-refractivity contribution >= 4 is 58.4 Å². The summed E-state index contributed by atoms with van der Waals surface area (Å²) < 4.78 is 51.1. The van der Waals surface area contributed by atoms with E-state index in [1.807, 2.05) is 6.92 Å². The van der Waals surface area contributed by atoms with Gasteiger partial charge in [0.2, 0.25) is 0 Å². The Morgan fingerprint density at radius 2 is 1.60 bits per heavy atom. The van der Waals surface area contributed by atoms with Crippen molar-refractivity contribution in [2.45, 2.75) is 19.6 Å². The van der Waals surface area contributed by atoms with E-state index in [1.165, 1.54) is 24.3 Å².